The summed E-state index contributed by atoms with van der Waals surface area (Å²) in [5.74, 6) is 1.52. The van der Waals surface area contributed by atoms with Crippen molar-refractivity contribution in [2.24, 2.45) is 5.73 Å². The lowest BCUT2D eigenvalue weighted by Gasteiger charge is -2.21. The molecule has 0 saturated heterocycles. The number of nitrogens with one attached hydrogen (secondary N) is 2. The first-order valence-electron chi connectivity index (χ1n) is 8.40. The van der Waals surface area contributed by atoms with E-state index in [0.717, 1.165) is 34.6 Å². The normalized spacial score (nSPS) is 13.5. The van der Waals surface area contributed by atoms with Gasteiger partial charge in [-0.1, -0.05) is 42.5 Å². The van der Waals surface area contributed by atoms with Gasteiger partial charge in [-0.2, -0.15) is 0 Å². The van der Waals surface area contributed by atoms with Crippen LogP contribution in [-0.2, 0) is 4.79 Å². The van der Waals surface area contributed by atoms with E-state index in [-0.39, 0.29) is 6.04 Å². The van der Waals surface area contributed by atoms with Crippen LogP contribution in [0.1, 0.15) is 18.1 Å². The zero-order valence-corrected chi connectivity index (χ0v) is 15.3. The van der Waals surface area contributed by atoms with Gasteiger partial charge in [0.1, 0.15) is 17.9 Å². The average Bonchev–Trinajstić information content (AvgIpc) is 2.67. The maximum atomic E-state index is 11.1. The summed E-state index contributed by atoms with van der Waals surface area (Å²) in [5, 5.41) is 6.49. The van der Waals surface area contributed by atoms with Gasteiger partial charge < -0.3 is 21.1 Å². The molecule has 2 aromatic carbocycles. The van der Waals surface area contributed by atoms with Crippen LogP contribution in [0.2, 0.25) is 0 Å². The van der Waals surface area contributed by atoms with Crippen molar-refractivity contribution in [3.8, 4) is 5.75 Å². The highest BCUT2D eigenvalue weighted by Crippen LogP contribution is 2.24. The van der Waals surface area contributed by atoms with Gasteiger partial charge in [0, 0.05) is 24.7 Å². The van der Waals surface area contributed by atoms with Crippen molar-refractivity contribution in [3.63, 3.8) is 0 Å². The fourth-order valence-electron chi connectivity index (χ4n) is 2.70. The first-order chi connectivity index (χ1) is 12.6. The molecule has 4 N–H and O–H groups in total. The number of hydrogen-bond acceptors (Lipinski definition) is 5. The van der Waals surface area contributed by atoms with Crippen molar-refractivity contribution < 1.29 is 9.53 Å². The fraction of sp³-hybridized carbons (Fsp3) is 0.190. The standard InChI is InChI=1S/C21H25N3O2/c1-15(22)20(17-9-11-18(26-3)12-10-17)21(23-2)24-19(13-14-25)16-7-5-4-6-8-16/h4-15,23-24H,22H2,1-3H3/b19-13-,21-20+. The summed E-state index contributed by atoms with van der Waals surface area (Å²) in [5.41, 5.74) is 9.72. The maximum Gasteiger partial charge on any atom is 0.144 e. The number of allylic oxidation sites excluding steroid dienone is 1. The highest BCUT2D eigenvalue weighted by atomic mass is 16.5. The molecule has 1 unspecified atom stereocenters. The third kappa shape index (κ3) is 4.74. The molecular weight excluding hydrogens is 326 g/mol. The molecule has 136 valence electrons. The van der Waals surface area contributed by atoms with Crippen LogP contribution < -0.4 is 21.1 Å². The van der Waals surface area contributed by atoms with Gasteiger partial charge in [0.2, 0.25) is 0 Å². The second-order valence-electron chi connectivity index (χ2n) is 5.76. The molecule has 0 fully saturated rings. The first kappa shape index (κ1) is 19.3. The van der Waals surface area contributed by atoms with Crippen LogP contribution in [0.15, 0.2) is 66.5 Å². The maximum absolute atomic E-state index is 11.1. The van der Waals surface area contributed by atoms with E-state index >= 15 is 0 Å². The first-order valence-corrected chi connectivity index (χ1v) is 8.40. The van der Waals surface area contributed by atoms with Crippen LogP contribution in [0, 0.1) is 0 Å². The third-order valence-corrected chi connectivity index (χ3v) is 3.95. The molecule has 0 amide bonds. The Morgan fingerprint density at radius 3 is 2.23 bits per heavy atom. The van der Waals surface area contributed by atoms with Crippen LogP contribution in [-0.4, -0.2) is 26.5 Å². The molecule has 2 rings (SSSR count). The predicted molar refractivity (Wildman–Crippen MR) is 106 cm³/mol. The summed E-state index contributed by atoms with van der Waals surface area (Å²) in [6, 6.07) is 17.1. The molecule has 1 atom stereocenters. The van der Waals surface area contributed by atoms with E-state index in [1.807, 2.05) is 68.6 Å². The van der Waals surface area contributed by atoms with Crippen molar-refractivity contribution in [1.82, 2.24) is 10.6 Å². The van der Waals surface area contributed by atoms with Crippen molar-refractivity contribution in [2.45, 2.75) is 13.0 Å². The Morgan fingerprint density at radius 1 is 1.08 bits per heavy atom. The van der Waals surface area contributed by atoms with E-state index in [1.165, 1.54) is 6.08 Å². The summed E-state index contributed by atoms with van der Waals surface area (Å²) in [7, 11) is 3.45. The molecule has 0 aliphatic heterocycles. The molecule has 5 heteroatoms. The van der Waals surface area contributed by atoms with Crippen LogP contribution in [0.5, 0.6) is 5.75 Å². The molecule has 0 bridgehead atoms. The summed E-state index contributed by atoms with van der Waals surface area (Å²) < 4.78 is 5.22. The number of benzene rings is 2. The molecule has 0 heterocycles. The van der Waals surface area contributed by atoms with Gasteiger partial charge in [-0.25, -0.2) is 0 Å². The minimum atomic E-state index is -0.230. The Labute approximate surface area is 154 Å². The lowest BCUT2D eigenvalue weighted by molar-refractivity contribution is -0.104. The molecule has 0 aromatic heterocycles. The second kappa shape index (κ2) is 9.44. The SMILES string of the molecule is CN/C(N/C(=C\C=O)c1ccccc1)=C(\c1ccc(OC)cc1)C(C)N. The van der Waals surface area contributed by atoms with Crippen molar-refractivity contribution in [3.05, 3.63) is 77.6 Å². The van der Waals surface area contributed by atoms with E-state index in [1.54, 1.807) is 7.11 Å². The van der Waals surface area contributed by atoms with Gasteiger partial charge in [0.15, 0.2) is 0 Å². The monoisotopic (exact) mass is 351 g/mol. The number of carbonyl (C=O) groups is 1. The van der Waals surface area contributed by atoms with Crippen molar-refractivity contribution in [1.29, 1.82) is 0 Å². The van der Waals surface area contributed by atoms with E-state index in [4.69, 9.17) is 10.5 Å². The Bertz CT molecular complexity index is 779. The highest BCUT2D eigenvalue weighted by Gasteiger charge is 2.15. The third-order valence-electron chi connectivity index (χ3n) is 3.95. The molecule has 26 heavy (non-hydrogen) atoms. The number of hydrogen-bond donors (Lipinski definition) is 3. The highest BCUT2D eigenvalue weighted by molar-refractivity contribution is 5.83. The number of rotatable bonds is 8. The van der Waals surface area contributed by atoms with E-state index in [9.17, 15) is 4.79 Å². The van der Waals surface area contributed by atoms with Crippen molar-refractivity contribution >= 4 is 17.6 Å². The number of methoxy groups -OCH3 is 1. The molecule has 2 aromatic rings. The molecule has 0 saturated carbocycles. The Hall–Kier alpha value is -3.05. The quantitative estimate of drug-likeness (QED) is 0.504. The molecule has 0 spiro atoms. The average molecular weight is 351 g/mol. The van der Waals surface area contributed by atoms with Gasteiger partial charge in [-0.3, -0.25) is 4.79 Å². The summed E-state index contributed by atoms with van der Waals surface area (Å²) in [6.07, 6.45) is 2.26. The molecule has 0 aliphatic rings. The van der Waals surface area contributed by atoms with Gasteiger partial charge in [-0.15, -0.1) is 0 Å². The second-order valence-corrected chi connectivity index (χ2v) is 5.76. The minimum absolute atomic E-state index is 0.230. The molecule has 0 radical (unpaired) electrons. The molecular formula is C21H25N3O2. The number of aldehydes is 1. The topological polar surface area (TPSA) is 76.4 Å². The van der Waals surface area contributed by atoms with E-state index in [0.29, 0.717) is 5.70 Å². The fourth-order valence-corrected chi connectivity index (χ4v) is 2.70. The largest absolute Gasteiger partial charge is 0.497 e. The van der Waals surface area contributed by atoms with Gasteiger partial charge in [0.05, 0.1) is 12.8 Å². The van der Waals surface area contributed by atoms with Gasteiger partial charge >= 0.3 is 0 Å². The van der Waals surface area contributed by atoms with Crippen molar-refractivity contribution in [2.75, 3.05) is 14.2 Å². The summed E-state index contributed by atoms with van der Waals surface area (Å²) in [6.45, 7) is 1.92. The van der Waals surface area contributed by atoms with Gasteiger partial charge in [0.25, 0.3) is 0 Å². The zero-order valence-electron chi connectivity index (χ0n) is 15.3. The lowest BCUT2D eigenvalue weighted by Crippen LogP contribution is -2.30. The Kier molecular flexibility index (Phi) is 7.00. The van der Waals surface area contributed by atoms with Crippen LogP contribution >= 0.6 is 0 Å². The van der Waals surface area contributed by atoms with Gasteiger partial charge in [-0.05, 0) is 30.2 Å². The number of carbonyl (C=O) groups excluding carboxylic acids is 1. The molecule has 0 aliphatic carbocycles. The summed E-state index contributed by atoms with van der Waals surface area (Å²) in [4.78, 5) is 11.1. The minimum Gasteiger partial charge on any atom is -0.497 e. The Morgan fingerprint density at radius 2 is 1.73 bits per heavy atom. The number of ether oxygens (including phenoxy) is 1. The van der Waals surface area contributed by atoms with E-state index < -0.39 is 0 Å². The van der Waals surface area contributed by atoms with E-state index in [2.05, 4.69) is 10.6 Å². The smallest absolute Gasteiger partial charge is 0.144 e. The summed E-state index contributed by atoms with van der Waals surface area (Å²) >= 11 is 0. The number of nitrogens with two attached hydrogens (primary N) is 1. The Balaban J connectivity index is 2.47. The van der Waals surface area contributed by atoms with Crippen LogP contribution in [0.25, 0.3) is 11.3 Å². The zero-order chi connectivity index (χ0) is 18.9. The molecule has 5 nitrogen and oxygen atoms in total. The van der Waals surface area contributed by atoms with Crippen LogP contribution in [0.3, 0.4) is 0 Å². The van der Waals surface area contributed by atoms with Crippen LogP contribution in [0.4, 0.5) is 0 Å². The predicted octanol–water partition coefficient (Wildman–Crippen LogP) is 2.76. The lowest BCUT2D eigenvalue weighted by atomic mass is 9.99.